The van der Waals surface area contributed by atoms with E-state index in [2.05, 4.69) is 4.72 Å². The third-order valence-electron chi connectivity index (χ3n) is 6.24. The Morgan fingerprint density at radius 2 is 1.33 bits per heavy atom. The minimum absolute atomic E-state index is 0.0455. The van der Waals surface area contributed by atoms with Crippen LogP contribution in [0.2, 0.25) is 0 Å². The van der Waals surface area contributed by atoms with E-state index >= 15 is 0 Å². The number of hydrogen-bond acceptors (Lipinski definition) is 5. The van der Waals surface area contributed by atoms with E-state index in [9.17, 15) is 16.8 Å². The van der Waals surface area contributed by atoms with Gasteiger partial charge in [0, 0.05) is 19.1 Å². The first-order chi connectivity index (χ1) is 17.3. The Labute approximate surface area is 214 Å². The molecule has 1 N–H and O–H groups in total. The molecule has 192 valence electrons. The zero-order valence-electron chi connectivity index (χ0n) is 20.3. The molecule has 0 radical (unpaired) electrons. The van der Waals surface area contributed by atoms with Crippen LogP contribution in [0.3, 0.4) is 0 Å². The zero-order valence-corrected chi connectivity index (χ0v) is 22.0. The molecule has 0 heterocycles. The summed E-state index contributed by atoms with van der Waals surface area (Å²) in [6.07, 6.45) is 3.67. The van der Waals surface area contributed by atoms with Gasteiger partial charge in [-0.1, -0.05) is 55.3 Å². The Hall–Kier alpha value is -2.72. The van der Waals surface area contributed by atoms with E-state index in [0.29, 0.717) is 6.61 Å². The normalized spacial score (nSPS) is 14.8. The first-order valence-corrected chi connectivity index (χ1v) is 15.1. The highest BCUT2D eigenvalue weighted by Gasteiger charge is 2.27. The van der Waals surface area contributed by atoms with E-state index in [1.807, 2.05) is 61.5 Å². The standard InChI is InChI=1S/C27H32N2O5S2/c1-2-34-25-14-12-23(13-15-25)21-29(20-22-8-4-3-5-9-22)36(32,33)27-18-16-26(17-19-27)35(30,31)28-24-10-6-7-11-24/h3-5,8-9,12-19,24,28H,2,6-7,10-11,20-21H2,1H3. The molecule has 1 aliphatic carbocycles. The summed E-state index contributed by atoms with van der Waals surface area (Å²) in [6.45, 7) is 2.80. The average Bonchev–Trinajstić information content (AvgIpc) is 3.38. The second-order valence-corrected chi connectivity index (χ2v) is 12.6. The summed E-state index contributed by atoms with van der Waals surface area (Å²) in [5.41, 5.74) is 1.67. The molecule has 0 aromatic heterocycles. The van der Waals surface area contributed by atoms with Crippen LogP contribution in [-0.4, -0.2) is 33.8 Å². The average molecular weight is 529 g/mol. The maximum absolute atomic E-state index is 13.7. The van der Waals surface area contributed by atoms with Crippen molar-refractivity contribution >= 4 is 20.0 Å². The Morgan fingerprint density at radius 3 is 1.92 bits per heavy atom. The van der Waals surface area contributed by atoms with Crippen LogP contribution in [0.5, 0.6) is 5.75 Å². The Balaban J connectivity index is 1.58. The zero-order chi connectivity index (χ0) is 25.6. The van der Waals surface area contributed by atoms with Gasteiger partial charge in [0.15, 0.2) is 0 Å². The topological polar surface area (TPSA) is 92.8 Å². The molecule has 4 rings (SSSR count). The second kappa shape index (κ2) is 11.6. The first-order valence-electron chi connectivity index (χ1n) is 12.2. The number of hydrogen-bond donors (Lipinski definition) is 1. The van der Waals surface area contributed by atoms with E-state index in [-0.39, 0.29) is 28.9 Å². The number of sulfonamides is 2. The van der Waals surface area contributed by atoms with E-state index in [4.69, 9.17) is 4.74 Å². The molecule has 0 atom stereocenters. The summed E-state index contributed by atoms with van der Waals surface area (Å²) in [5, 5.41) is 0. The van der Waals surface area contributed by atoms with Crippen molar-refractivity contribution in [2.24, 2.45) is 0 Å². The van der Waals surface area contributed by atoms with Crippen LogP contribution in [-0.2, 0) is 33.1 Å². The first kappa shape index (κ1) is 26.3. The van der Waals surface area contributed by atoms with Gasteiger partial charge in [0.2, 0.25) is 20.0 Å². The van der Waals surface area contributed by atoms with Crippen molar-refractivity contribution < 1.29 is 21.6 Å². The lowest BCUT2D eigenvalue weighted by Gasteiger charge is -2.23. The molecule has 3 aromatic carbocycles. The summed E-state index contributed by atoms with van der Waals surface area (Å²) >= 11 is 0. The van der Waals surface area contributed by atoms with Crippen molar-refractivity contribution in [1.29, 1.82) is 0 Å². The van der Waals surface area contributed by atoms with Gasteiger partial charge in [0.1, 0.15) is 5.75 Å². The molecule has 7 nitrogen and oxygen atoms in total. The van der Waals surface area contributed by atoms with Crippen molar-refractivity contribution in [1.82, 2.24) is 9.03 Å². The summed E-state index contributed by atoms with van der Waals surface area (Å²) in [4.78, 5) is 0.110. The highest BCUT2D eigenvalue weighted by atomic mass is 32.2. The highest BCUT2D eigenvalue weighted by Crippen LogP contribution is 2.25. The van der Waals surface area contributed by atoms with Crippen molar-refractivity contribution in [3.8, 4) is 5.75 Å². The van der Waals surface area contributed by atoms with Crippen LogP contribution < -0.4 is 9.46 Å². The van der Waals surface area contributed by atoms with Crippen LogP contribution >= 0.6 is 0 Å². The summed E-state index contributed by atoms with van der Waals surface area (Å²) in [5.74, 6) is 0.724. The number of ether oxygens (including phenoxy) is 1. The number of nitrogens with one attached hydrogen (secondary N) is 1. The molecule has 9 heteroatoms. The monoisotopic (exact) mass is 528 g/mol. The molecule has 0 aliphatic heterocycles. The lowest BCUT2D eigenvalue weighted by molar-refractivity contribution is 0.340. The van der Waals surface area contributed by atoms with Crippen LogP contribution in [0.25, 0.3) is 0 Å². The molecule has 3 aromatic rings. The van der Waals surface area contributed by atoms with Gasteiger partial charge in [-0.25, -0.2) is 21.6 Å². The fourth-order valence-corrected chi connectivity index (χ4v) is 7.07. The van der Waals surface area contributed by atoms with Gasteiger partial charge in [-0.05, 0) is 67.3 Å². The van der Waals surface area contributed by atoms with Crippen LogP contribution in [0.4, 0.5) is 0 Å². The van der Waals surface area contributed by atoms with Crippen molar-refractivity contribution in [3.05, 3.63) is 90.0 Å². The molecule has 0 bridgehead atoms. The molecule has 36 heavy (non-hydrogen) atoms. The minimum atomic E-state index is -3.92. The van der Waals surface area contributed by atoms with Gasteiger partial charge in [-0.2, -0.15) is 4.31 Å². The molecule has 1 fully saturated rings. The van der Waals surface area contributed by atoms with Gasteiger partial charge in [0.05, 0.1) is 16.4 Å². The van der Waals surface area contributed by atoms with Gasteiger partial charge in [0.25, 0.3) is 0 Å². The molecule has 1 aliphatic rings. The Morgan fingerprint density at radius 1 is 0.778 bits per heavy atom. The Kier molecular flexibility index (Phi) is 8.46. The molecular formula is C27H32N2O5S2. The molecule has 1 saturated carbocycles. The third-order valence-corrected chi connectivity index (χ3v) is 9.59. The fourth-order valence-electron chi connectivity index (χ4n) is 4.35. The van der Waals surface area contributed by atoms with Crippen LogP contribution in [0.15, 0.2) is 88.7 Å². The number of benzene rings is 3. The summed E-state index contributed by atoms with van der Waals surface area (Å²) in [7, 11) is -7.62. The minimum Gasteiger partial charge on any atom is -0.494 e. The van der Waals surface area contributed by atoms with Crippen molar-refractivity contribution in [2.45, 2.75) is 61.5 Å². The van der Waals surface area contributed by atoms with Gasteiger partial charge in [-0.15, -0.1) is 0 Å². The third kappa shape index (κ3) is 6.53. The predicted molar refractivity (Wildman–Crippen MR) is 140 cm³/mol. The number of rotatable bonds is 11. The number of nitrogens with zero attached hydrogens (tertiary/aromatic N) is 1. The molecule has 0 unspecified atom stereocenters. The van der Waals surface area contributed by atoms with E-state index in [1.54, 1.807) is 0 Å². The fraction of sp³-hybridized carbons (Fsp3) is 0.333. The largest absolute Gasteiger partial charge is 0.494 e. The van der Waals surface area contributed by atoms with Crippen LogP contribution in [0, 0.1) is 0 Å². The van der Waals surface area contributed by atoms with Crippen molar-refractivity contribution in [3.63, 3.8) is 0 Å². The summed E-state index contributed by atoms with van der Waals surface area (Å²) in [6, 6.07) is 22.1. The molecule has 0 amide bonds. The maximum atomic E-state index is 13.7. The second-order valence-electron chi connectivity index (χ2n) is 8.91. The predicted octanol–water partition coefficient (Wildman–Crippen LogP) is 4.70. The van der Waals surface area contributed by atoms with Gasteiger partial charge < -0.3 is 4.74 Å². The maximum Gasteiger partial charge on any atom is 0.243 e. The van der Waals surface area contributed by atoms with Crippen molar-refractivity contribution in [2.75, 3.05) is 6.61 Å². The van der Waals surface area contributed by atoms with E-state index in [1.165, 1.54) is 28.6 Å². The lowest BCUT2D eigenvalue weighted by Crippen LogP contribution is -2.33. The quantitative estimate of drug-likeness (QED) is 0.390. The smallest absolute Gasteiger partial charge is 0.243 e. The highest BCUT2D eigenvalue weighted by molar-refractivity contribution is 7.89. The van der Waals surface area contributed by atoms with Gasteiger partial charge >= 0.3 is 0 Å². The van der Waals surface area contributed by atoms with E-state index < -0.39 is 20.0 Å². The van der Waals surface area contributed by atoms with Gasteiger partial charge in [-0.3, -0.25) is 0 Å². The molecular weight excluding hydrogens is 496 g/mol. The Bertz CT molecular complexity index is 1340. The summed E-state index contributed by atoms with van der Waals surface area (Å²) < 4.78 is 62.5. The van der Waals surface area contributed by atoms with E-state index in [0.717, 1.165) is 42.6 Å². The lowest BCUT2D eigenvalue weighted by atomic mass is 10.2. The van der Waals surface area contributed by atoms with Crippen LogP contribution in [0.1, 0.15) is 43.7 Å². The molecule has 0 spiro atoms. The molecule has 0 saturated heterocycles. The SMILES string of the molecule is CCOc1ccc(CN(Cc2ccccc2)S(=O)(=O)c2ccc(S(=O)(=O)NC3CCCC3)cc2)cc1.